The molecule has 234 valence electrons. The molecule has 1 aliphatic carbocycles. The zero-order valence-electron chi connectivity index (χ0n) is 27.1. The molecule has 0 spiro atoms. The molecule has 0 radical (unpaired) electrons. The Hall–Kier alpha value is -5.22. The zero-order chi connectivity index (χ0) is 32.7. The molecule has 0 saturated heterocycles. The molecule has 1 aliphatic heterocycles. The molecule has 2 unspecified atom stereocenters. The third-order valence-electron chi connectivity index (χ3n) is 9.60. The minimum Gasteiger partial charge on any atom is -0.248 e. The number of aliphatic imine (C=N–C) groups is 1. The molecule has 7 aromatic rings. The molecule has 49 heavy (non-hydrogen) atoms. The molecule has 0 N–H and O–H groups in total. The van der Waals surface area contributed by atoms with E-state index in [-0.39, 0.29) is 0 Å². The summed E-state index contributed by atoms with van der Waals surface area (Å²) in [6.45, 7) is 2.11. The molecule has 9 rings (SSSR count). The van der Waals surface area contributed by atoms with Gasteiger partial charge in [-0.05, 0) is 76.7 Å². The first-order valence-electron chi connectivity index (χ1n) is 16.8. The van der Waals surface area contributed by atoms with Crippen LogP contribution >= 0.6 is 23.1 Å². The van der Waals surface area contributed by atoms with Crippen LogP contribution in [-0.2, 0) is 0 Å². The van der Waals surface area contributed by atoms with Gasteiger partial charge in [-0.2, -0.15) is 0 Å². The van der Waals surface area contributed by atoms with Gasteiger partial charge in [-0.3, -0.25) is 0 Å². The van der Waals surface area contributed by atoms with Crippen LogP contribution in [0.3, 0.4) is 0 Å². The predicted molar refractivity (Wildman–Crippen MR) is 212 cm³/mol. The lowest BCUT2D eigenvalue weighted by Crippen LogP contribution is -2.11. The van der Waals surface area contributed by atoms with Crippen molar-refractivity contribution in [2.24, 2.45) is 4.99 Å². The lowest BCUT2D eigenvalue weighted by atomic mass is 9.89. The number of allylic oxidation sites excluding steroid dienone is 3. The molecule has 0 saturated carbocycles. The largest absolute Gasteiger partial charge is 0.248 e. The Labute approximate surface area is 295 Å². The van der Waals surface area contributed by atoms with E-state index in [9.17, 15) is 0 Å². The number of hydrogen-bond donors (Lipinski definition) is 0. The monoisotopic (exact) mass is 663 g/mol. The van der Waals surface area contributed by atoms with Crippen molar-refractivity contribution in [1.29, 1.82) is 0 Å². The van der Waals surface area contributed by atoms with Crippen LogP contribution in [0.15, 0.2) is 191 Å². The van der Waals surface area contributed by atoms with Gasteiger partial charge in [-0.1, -0.05) is 133 Å². The van der Waals surface area contributed by atoms with Gasteiger partial charge in [-0.25, -0.2) is 4.99 Å². The van der Waals surface area contributed by atoms with E-state index in [1.165, 1.54) is 58.5 Å². The first kappa shape index (κ1) is 29.9. The van der Waals surface area contributed by atoms with E-state index in [0.717, 1.165) is 22.5 Å². The molecule has 0 fully saturated rings. The van der Waals surface area contributed by atoms with E-state index in [1.54, 1.807) is 0 Å². The predicted octanol–water partition coefficient (Wildman–Crippen LogP) is 12.9. The summed E-state index contributed by atoms with van der Waals surface area (Å²) in [4.78, 5) is 6.99. The molecule has 1 aromatic heterocycles. The molecule has 2 heterocycles. The average molecular weight is 664 g/mol. The van der Waals surface area contributed by atoms with Crippen LogP contribution in [0.2, 0.25) is 0 Å². The highest BCUT2D eigenvalue weighted by Gasteiger charge is 2.32. The normalized spacial score (nSPS) is 17.3. The smallest absolute Gasteiger partial charge is 0.0782 e. The van der Waals surface area contributed by atoms with Gasteiger partial charge >= 0.3 is 0 Å². The molecule has 0 bridgehead atoms. The number of thioether (sulfide) groups is 1. The van der Waals surface area contributed by atoms with Gasteiger partial charge in [0.1, 0.15) is 0 Å². The highest BCUT2D eigenvalue weighted by Crippen LogP contribution is 2.49. The van der Waals surface area contributed by atoms with Crippen molar-refractivity contribution in [3.63, 3.8) is 0 Å². The van der Waals surface area contributed by atoms with Crippen molar-refractivity contribution >= 4 is 49.0 Å². The topological polar surface area (TPSA) is 12.4 Å². The van der Waals surface area contributed by atoms with Crippen molar-refractivity contribution in [1.82, 2.24) is 0 Å². The van der Waals surface area contributed by atoms with Crippen molar-refractivity contribution in [2.75, 3.05) is 0 Å². The fraction of sp³-hybridized carbons (Fsp3) is 0.0652. The Balaban J connectivity index is 1.23. The maximum absolute atomic E-state index is 5.61. The lowest BCUT2D eigenvalue weighted by molar-refractivity contribution is 0.872. The second-order valence-electron chi connectivity index (χ2n) is 12.6. The summed E-state index contributed by atoms with van der Waals surface area (Å²) in [6, 6.07) is 52.7. The molecule has 0 amide bonds. The molecule has 2 aliphatic rings. The van der Waals surface area contributed by atoms with Gasteiger partial charge in [-0.15, -0.1) is 23.1 Å². The van der Waals surface area contributed by atoms with E-state index >= 15 is 0 Å². The number of hydrogen-bond acceptors (Lipinski definition) is 3. The molecule has 2 atom stereocenters. The fourth-order valence-electron chi connectivity index (χ4n) is 7.17. The Kier molecular flexibility index (Phi) is 7.73. The summed E-state index contributed by atoms with van der Waals surface area (Å²) in [7, 11) is 0. The molecular formula is C46H33NS2. The van der Waals surface area contributed by atoms with Crippen LogP contribution < -0.4 is 0 Å². The Morgan fingerprint density at radius 2 is 1.29 bits per heavy atom. The first-order chi connectivity index (χ1) is 24.2. The summed E-state index contributed by atoms with van der Waals surface area (Å²) in [5.74, 6) is 0.401. The van der Waals surface area contributed by atoms with Gasteiger partial charge in [0.15, 0.2) is 0 Å². The molecule has 3 heteroatoms. The highest BCUT2D eigenvalue weighted by molar-refractivity contribution is 8.00. The minimum atomic E-state index is 0.368. The number of benzene rings is 6. The van der Waals surface area contributed by atoms with E-state index < -0.39 is 0 Å². The van der Waals surface area contributed by atoms with Crippen LogP contribution in [0.25, 0.3) is 42.4 Å². The average Bonchev–Trinajstić information content (AvgIpc) is 3.73. The Morgan fingerprint density at radius 3 is 2.04 bits per heavy atom. The molecular weight excluding hydrogens is 631 g/mol. The van der Waals surface area contributed by atoms with Crippen LogP contribution in [0.4, 0.5) is 0 Å². The van der Waals surface area contributed by atoms with Gasteiger partial charge in [0.25, 0.3) is 0 Å². The maximum atomic E-state index is 5.61. The van der Waals surface area contributed by atoms with E-state index in [4.69, 9.17) is 4.99 Å². The fourth-order valence-corrected chi connectivity index (χ4v) is 9.70. The van der Waals surface area contributed by atoms with Crippen molar-refractivity contribution < 1.29 is 0 Å². The van der Waals surface area contributed by atoms with Crippen molar-refractivity contribution in [3.8, 4) is 22.3 Å². The van der Waals surface area contributed by atoms with Gasteiger partial charge < -0.3 is 0 Å². The second-order valence-corrected chi connectivity index (χ2v) is 14.9. The minimum absolute atomic E-state index is 0.368. The highest BCUT2D eigenvalue weighted by atomic mass is 32.2. The Bertz CT molecular complexity index is 2420. The van der Waals surface area contributed by atoms with E-state index in [0.29, 0.717) is 11.2 Å². The van der Waals surface area contributed by atoms with E-state index in [1.807, 2.05) is 23.1 Å². The summed E-state index contributed by atoms with van der Waals surface area (Å²) in [5, 5.41) is 2.97. The second kappa shape index (κ2) is 12.7. The third kappa shape index (κ3) is 5.59. The van der Waals surface area contributed by atoms with Gasteiger partial charge in [0.2, 0.25) is 0 Å². The first-order valence-corrected chi connectivity index (χ1v) is 18.5. The molecule has 6 aromatic carbocycles. The van der Waals surface area contributed by atoms with Gasteiger partial charge in [0.05, 0.1) is 11.4 Å². The lowest BCUT2D eigenvalue weighted by Gasteiger charge is -2.20. The van der Waals surface area contributed by atoms with Crippen LogP contribution in [-0.4, -0.2) is 11.0 Å². The van der Waals surface area contributed by atoms with Crippen LogP contribution in [0.5, 0.6) is 0 Å². The van der Waals surface area contributed by atoms with Crippen molar-refractivity contribution in [2.45, 2.75) is 23.0 Å². The van der Waals surface area contributed by atoms with E-state index in [2.05, 4.69) is 177 Å². The van der Waals surface area contributed by atoms with Crippen LogP contribution in [0.1, 0.15) is 29.5 Å². The third-order valence-corrected chi connectivity index (χ3v) is 12.1. The van der Waals surface area contributed by atoms with Gasteiger partial charge in [0, 0.05) is 47.4 Å². The summed E-state index contributed by atoms with van der Waals surface area (Å²) in [5.41, 5.74) is 11.5. The number of fused-ring (bicyclic) bond motifs is 6. The zero-order valence-corrected chi connectivity index (χ0v) is 28.7. The number of thiophene rings is 1. The van der Waals surface area contributed by atoms with Crippen LogP contribution in [0, 0.1) is 0 Å². The quantitative estimate of drug-likeness (QED) is 0.161. The SMILES string of the molecule is C/C=C(\N=C(c1cc(-c2ccccc2)cc(-c2ccccc2)c1)c1ccc2c(c1)sc1ccccc12)C1=CC2Sc3ccccc3C2C=C1. The summed E-state index contributed by atoms with van der Waals surface area (Å²) in [6.07, 6.45) is 9.26. The standard InChI is InChI=1S/C46H33NS2/c1-2-41(32-21-23-39-37-17-9-11-19-42(37)48-44(39)28-32)47-46(33-22-24-40-38-18-10-12-20-43(38)49-45(40)29-33)36-26-34(30-13-5-3-6-14-30)25-35(27-36)31-15-7-4-8-16-31/h2-29,39,44H,1H3/b41-2-,47-46?. The maximum Gasteiger partial charge on any atom is 0.0782 e. The molecule has 1 nitrogen and oxygen atoms in total. The van der Waals surface area contributed by atoms with Crippen molar-refractivity contribution in [3.05, 3.63) is 198 Å². The Morgan fingerprint density at radius 1 is 0.612 bits per heavy atom. The summed E-state index contributed by atoms with van der Waals surface area (Å²) >= 11 is 3.81. The number of rotatable bonds is 6. The number of nitrogens with zero attached hydrogens (tertiary/aromatic N) is 1. The summed E-state index contributed by atoms with van der Waals surface area (Å²) < 4.78 is 2.58.